The summed E-state index contributed by atoms with van der Waals surface area (Å²) in [5, 5.41) is 12.6. The van der Waals surface area contributed by atoms with Crippen LogP contribution in [0.1, 0.15) is 33.6 Å². The van der Waals surface area contributed by atoms with Gasteiger partial charge in [-0.3, -0.25) is 10.2 Å². The average molecular weight is 239 g/mol. The predicted octanol–water partition coefficient (Wildman–Crippen LogP) is 1.38. The molecule has 0 aliphatic carbocycles. The summed E-state index contributed by atoms with van der Waals surface area (Å²) in [6, 6.07) is 2.84. The minimum absolute atomic E-state index is 0.409. The Labute approximate surface area is 105 Å². The second kappa shape index (κ2) is 6.95. The van der Waals surface area contributed by atoms with Crippen molar-refractivity contribution in [3.8, 4) is 6.07 Å². The molecule has 0 aromatic carbocycles. The molecule has 0 amide bonds. The highest BCUT2D eigenvalue weighted by atomic mass is 16.5. The van der Waals surface area contributed by atoms with E-state index in [1.165, 1.54) is 0 Å². The van der Waals surface area contributed by atoms with Crippen LogP contribution in [0.5, 0.6) is 0 Å². The molecule has 17 heavy (non-hydrogen) atoms. The minimum Gasteiger partial charge on any atom is -0.379 e. The molecule has 0 spiro atoms. The van der Waals surface area contributed by atoms with E-state index in [0.29, 0.717) is 6.04 Å². The summed E-state index contributed by atoms with van der Waals surface area (Å²) in [7, 11) is 0. The van der Waals surface area contributed by atoms with Gasteiger partial charge in [0.05, 0.1) is 19.3 Å². The molecular weight excluding hydrogens is 214 g/mol. The summed E-state index contributed by atoms with van der Waals surface area (Å²) in [5.74, 6) is 0. The van der Waals surface area contributed by atoms with Gasteiger partial charge in [0.25, 0.3) is 0 Å². The van der Waals surface area contributed by atoms with Crippen LogP contribution in [0.2, 0.25) is 0 Å². The Bertz CT molecular complexity index is 258. The summed E-state index contributed by atoms with van der Waals surface area (Å²) in [6.45, 7) is 10.8. The molecule has 2 unspecified atom stereocenters. The molecular formula is C13H25N3O. The fourth-order valence-corrected chi connectivity index (χ4v) is 2.30. The van der Waals surface area contributed by atoms with Gasteiger partial charge in [-0.2, -0.15) is 5.26 Å². The SMILES string of the molecule is CCCNC(C)(C#N)CC(C)N1CCOCC1. The number of rotatable bonds is 6. The van der Waals surface area contributed by atoms with Crippen LogP contribution in [0.4, 0.5) is 0 Å². The molecule has 1 heterocycles. The van der Waals surface area contributed by atoms with E-state index in [1.54, 1.807) is 0 Å². The summed E-state index contributed by atoms with van der Waals surface area (Å²) in [6.07, 6.45) is 1.92. The Morgan fingerprint density at radius 2 is 2.12 bits per heavy atom. The molecule has 0 bridgehead atoms. The molecule has 4 nitrogen and oxygen atoms in total. The van der Waals surface area contributed by atoms with Gasteiger partial charge in [0, 0.05) is 19.1 Å². The van der Waals surface area contributed by atoms with Gasteiger partial charge in [0.2, 0.25) is 0 Å². The van der Waals surface area contributed by atoms with E-state index in [9.17, 15) is 5.26 Å². The number of hydrogen-bond acceptors (Lipinski definition) is 4. The normalized spacial score (nSPS) is 22.7. The van der Waals surface area contributed by atoms with Crippen LogP contribution in [-0.2, 0) is 4.74 Å². The fourth-order valence-electron chi connectivity index (χ4n) is 2.30. The van der Waals surface area contributed by atoms with Gasteiger partial charge in [0.15, 0.2) is 0 Å². The summed E-state index contributed by atoms with van der Waals surface area (Å²) in [4.78, 5) is 2.41. The first kappa shape index (κ1) is 14.4. The van der Waals surface area contributed by atoms with Crippen molar-refractivity contribution >= 4 is 0 Å². The zero-order valence-corrected chi connectivity index (χ0v) is 11.3. The van der Waals surface area contributed by atoms with Gasteiger partial charge in [0.1, 0.15) is 5.54 Å². The quantitative estimate of drug-likeness (QED) is 0.761. The lowest BCUT2D eigenvalue weighted by Crippen LogP contribution is -2.49. The van der Waals surface area contributed by atoms with Crippen LogP contribution in [0.15, 0.2) is 0 Å². The Balaban J connectivity index is 2.46. The van der Waals surface area contributed by atoms with E-state index in [0.717, 1.165) is 45.7 Å². The van der Waals surface area contributed by atoms with Gasteiger partial charge in [-0.15, -0.1) is 0 Å². The van der Waals surface area contributed by atoms with Crippen molar-refractivity contribution in [1.82, 2.24) is 10.2 Å². The van der Waals surface area contributed by atoms with Crippen LogP contribution in [0.25, 0.3) is 0 Å². The first-order valence-corrected chi connectivity index (χ1v) is 6.59. The molecule has 0 radical (unpaired) electrons. The number of nitriles is 1. The van der Waals surface area contributed by atoms with Gasteiger partial charge in [-0.25, -0.2) is 0 Å². The van der Waals surface area contributed by atoms with E-state index in [-0.39, 0.29) is 0 Å². The molecule has 1 saturated heterocycles. The maximum atomic E-state index is 9.30. The van der Waals surface area contributed by atoms with Gasteiger partial charge >= 0.3 is 0 Å². The Morgan fingerprint density at radius 3 is 2.65 bits per heavy atom. The van der Waals surface area contributed by atoms with E-state index in [1.807, 2.05) is 6.92 Å². The largest absolute Gasteiger partial charge is 0.379 e. The molecule has 4 heteroatoms. The number of nitrogens with one attached hydrogen (secondary N) is 1. The minimum atomic E-state index is -0.409. The maximum Gasteiger partial charge on any atom is 0.105 e. The first-order valence-electron chi connectivity index (χ1n) is 6.59. The highest BCUT2D eigenvalue weighted by Crippen LogP contribution is 2.16. The smallest absolute Gasteiger partial charge is 0.105 e. The average Bonchev–Trinajstić information content (AvgIpc) is 2.37. The fraction of sp³-hybridized carbons (Fsp3) is 0.923. The number of hydrogen-bond donors (Lipinski definition) is 1. The van der Waals surface area contributed by atoms with E-state index < -0.39 is 5.54 Å². The third-order valence-electron chi connectivity index (χ3n) is 3.38. The van der Waals surface area contributed by atoms with Crippen LogP contribution in [-0.4, -0.2) is 49.3 Å². The molecule has 1 rings (SSSR count). The summed E-state index contributed by atoms with van der Waals surface area (Å²) in [5.41, 5.74) is -0.409. The zero-order chi connectivity index (χ0) is 12.7. The molecule has 0 saturated carbocycles. The van der Waals surface area contributed by atoms with E-state index in [2.05, 4.69) is 30.1 Å². The highest BCUT2D eigenvalue weighted by Gasteiger charge is 2.28. The molecule has 1 N–H and O–H groups in total. The first-order chi connectivity index (χ1) is 8.11. The highest BCUT2D eigenvalue weighted by molar-refractivity contribution is 5.05. The third-order valence-corrected chi connectivity index (χ3v) is 3.38. The second-order valence-corrected chi connectivity index (χ2v) is 5.07. The number of ether oxygens (including phenoxy) is 1. The van der Waals surface area contributed by atoms with Crippen LogP contribution in [0, 0.1) is 11.3 Å². The molecule has 1 fully saturated rings. The molecule has 0 aromatic rings. The maximum absolute atomic E-state index is 9.30. The molecule has 0 aromatic heterocycles. The van der Waals surface area contributed by atoms with Crippen molar-refractivity contribution in [3.05, 3.63) is 0 Å². The molecule has 1 aliphatic rings. The van der Waals surface area contributed by atoms with Gasteiger partial charge < -0.3 is 4.74 Å². The summed E-state index contributed by atoms with van der Waals surface area (Å²) < 4.78 is 5.35. The van der Waals surface area contributed by atoms with Crippen molar-refractivity contribution in [2.45, 2.75) is 45.2 Å². The van der Waals surface area contributed by atoms with Crippen molar-refractivity contribution in [2.75, 3.05) is 32.8 Å². The van der Waals surface area contributed by atoms with Crippen LogP contribution < -0.4 is 5.32 Å². The van der Waals surface area contributed by atoms with Crippen molar-refractivity contribution in [3.63, 3.8) is 0 Å². The topological polar surface area (TPSA) is 48.3 Å². The van der Waals surface area contributed by atoms with Crippen LogP contribution in [0.3, 0.4) is 0 Å². The number of nitrogens with zero attached hydrogens (tertiary/aromatic N) is 2. The number of morpholine rings is 1. The van der Waals surface area contributed by atoms with E-state index >= 15 is 0 Å². The predicted molar refractivity (Wildman–Crippen MR) is 68.8 cm³/mol. The Hall–Kier alpha value is -0.630. The lowest BCUT2D eigenvalue weighted by Gasteiger charge is -2.36. The third kappa shape index (κ3) is 4.63. The Kier molecular flexibility index (Phi) is 5.90. The zero-order valence-electron chi connectivity index (χ0n) is 11.3. The van der Waals surface area contributed by atoms with Crippen molar-refractivity contribution < 1.29 is 4.74 Å². The second-order valence-electron chi connectivity index (χ2n) is 5.07. The molecule has 1 aliphatic heterocycles. The van der Waals surface area contributed by atoms with Gasteiger partial charge in [-0.05, 0) is 33.2 Å². The van der Waals surface area contributed by atoms with Crippen molar-refractivity contribution in [1.29, 1.82) is 5.26 Å². The molecule has 98 valence electrons. The van der Waals surface area contributed by atoms with Crippen molar-refractivity contribution in [2.24, 2.45) is 0 Å². The lowest BCUT2D eigenvalue weighted by molar-refractivity contribution is 0.0151. The van der Waals surface area contributed by atoms with Crippen LogP contribution >= 0.6 is 0 Å². The van der Waals surface area contributed by atoms with E-state index in [4.69, 9.17) is 4.74 Å². The monoisotopic (exact) mass is 239 g/mol. The molecule has 2 atom stereocenters. The Morgan fingerprint density at radius 1 is 1.47 bits per heavy atom. The van der Waals surface area contributed by atoms with Gasteiger partial charge in [-0.1, -0.05) is 6.92 Å². The summed E-state index contributed by atoms with van der Waals surface area (Å²) >= 11 is 0. The lowest BCUT2D eigenvalue weighted by atomic mass is 9.94. The standard InChI is InChI=1S/C13H25N3O/c1-4-5-15-13(3,11-14)10-12(2)16-6-8-17-9-7-16/h12,15H,4-10H2,1-3H3.